The number of carbonyl (C=O) groups is 1. The van der Waals surface area contributed by atoms with Gasteiger partial charge in [0.05, 0.1) is 0 Å². The van der Waals surface area contributed by atoms with Crippen molar-refractivity contribution in [3.8, 4) is 0 Å². The highest BCUT2D eigenvalue weighted by atomic mass is 19.2. The molecule has 0 aromatic carbocycles. The molecule has 1 aromatic rings. The number of hydrogen-bond acceptors (Lipinski definition) is 3. The second kappa shape index (κ2) is 4.33. The molecule has 0 bridgehead atoms. The van der Waals surface area contributed by atoms with Crippen molar-refractivity contribution in [3.05, 3.63) is 23.5 Å². The maximum Gasteiger partial charge on any atom is 0.325 e. The van der Waals surface area contributed by atoms with Gasteiger partial charge in [0.1, 0.15) is 11.7 Å². The number of hydrogen-bond donors (Lipinski definition) is 2. The molecule has 88 valence electrons. The van der Waals surface area contributed by atoms with Gasteiger partial charge in [0.25, 0.3) is 11.9 Å². The molecule has 16 heavy (non-hydrogen) atoms. The zero-order valence-electron chi connectivity index (χ0n) is 7.89. The lowest BCUT2D eigenvalue weighted by molar-refractivity contribution is -0.137. The van der Waals surface area contributed by atoms with Crippen LogP contribution in [-0.4, -0.2) is 22.1 Å². The SMILES string of the molecule is C[C@@H](Nc1c(F)c(F)nc(F)c1F)C(=O)O. The van der Waals surface area contributed by atoms with Crippen LogP contribution < -0.4 is 5.32 Å². The maximum absolute atomic E-state index is 13.0. The van der Waals surface area contributed by atoms with Crippen molar-refractivity contribution in [3.63, 3.8) is 0 Å². The van der Waals surface area contributed by atoms with Gasteiger partial charge >= 0.3 is 5.97 Å². The van der Waals surface area contributed by atoms with E-state index in [1.54, 1.807) is 5.32 Å². The fraction of sp³-hybridized carbons (Fsp3) is 0.250. The van der Waals surface area contributed by atoms with Crippen LogP contribution in [0.4, 0.5) is 23.2 Å². The van der Waals surface area contributed by atoms with Gasteiger partial charge in [0.15, 0.2) is 0 Å². The molecule has 8 heteroatoms. The summed E-state index contributed by atoms with van der Waals surface area (Å²) in [6.07, 6.45) is 0. The maximum atomic E-state index is 13.0. The van der Waals surface area contributed by atoms with Gasteiger partial charge in [-0.25, -0.2) is 0 Å². The number of aliphatic carboxylic acids is 1. The molecule has 0 saturated carbocycles. The summed E-state index contributed by atoms with van der Waals surface area (Å²) in [6, 6.07) is -1.41. The Balaban J connectivity index is 3.17. The number of rotatable bonds is 3. The topological polar surface area (TPSA) is 62.2 Å². The predicted molar refractivity (Wildman–Crippen MR) is 44.8 cm³/mol. The molecule has 1 rings (SSSR count). The number of nitrogens with one attached hydrogen (secondary N) is 1. The van der Waals surface area contributed by atoms with E-state index in [2.05, 4.69) is 4.98 Å². The summed E-state index contributed by atoms with van der Waals surface area (Å²) in [7, 11) is 0. The van der Waals surface area contributed by atoms with Gasteiger partial charge in [-0.3, -0.25) is 4.79 Å². The van der Waals surface area contributed by atoms with Crippen molar-refractivity contribution in [2.75, 3.05) is 5.32 Å². The van der Waals surface area contributed by atoms with Crippen LogP contribution in [0.15, 0.2) is 0 Å². The summed E-state index contributed by atoms with van der Waals surface area (Å²) >= 11 is 0. The molecular formula is C8H6F4N2O2. The standard InChI is InChI=1S/C8H6F4N2O2/c1-2(8(15)16)13-5-3(9)6(11)14-7(12)4(5)10/h2H,1H3,(H,13,14)(H,15,16)/t2-/m1/s1. The van der Waals surface area contributed by atoms with Gasteiger partial charge in [0.2, 0.25) is 11.6 Å². The normalized spacial score (nSPS) is 12.3. The first kappa shape index (κ1) is 12.2. The Labute approximate surface area is 86.9 Å². The second-order valence-electron chi connectivity index (χ2n) is 2.90. The monoisotopic (exact) mass is 238 g/mol. The quantitative estimate of drug-likeness (QED) is 0.619. The molecule has 1 heterocycles. The summed E-state index contributed by atoms with van der Waals surface area (Å²) in [6.45, 7) is 1.05. The first-order valence-corrected chi connectivity index (χ1v) is 4.04. The highest BCUT2D eigenvalue weighted by Crippen LogP contribution is 2.22. The molecule has 0 amide bonds. The lowest BCUT2D eigenvalue weighted by Gasteiger charge is -2.12. The lowest BCUT2D eigenvalue weighted by atomic mass is 10.3. The first-order valence-electron chi connectivity index (χ1n) is 4.04. The molecule has 0 saturated heterocycles. The predicted octanol–water partition coefficient (Wildman–Crippen LogP) is 1.52. The summed E-state index contributed by atoms with van der Waals surface area (Å²) in [5, 5.41) is 10.2. The molecule has 1 atom stereocenters. The fourth-order valence-corrected chi connectivity index (χ4v) is 0.892. The molecule has 4 nitrogen and oxygen atoms in total. The van der Waals surface area contributed by atoms with Crippen LogP contribution in [-0.2, 0) is 4.79 Å². The Morgan fingerprint density at radius 1 is 1.25 bits per heavy atom. The van der Waals surface area contributed by atoms with Crippen LogP contribution in [0.25, 0.3) is 0 Å². The highest BCUT2D eigenvalue weighted by molar-refractivity contribution is 5.76. The van der Waals surface area contributed by atoms with Gasteiger partial charge in [-0.15, -0.1) is 0 Å². The third-order valence-corrected chi connectivity index (χ3v) is 1.73. The summed E-state index contributed by atoms with van der Waals surface area (Å²) in [5.41, 5.74) is -1.19. The van der Waals surface area contributed by atoms with Crippen LogP contribution >= 0.6 is 0 Å². The Morgan fingerprint density at radius 3 is 2.06 bits per heavy atom. The Bertz CT molecular complexity index is 412. The van der Waals surface area contributed by atoms with E-state index < -0.39 is 41.2 Å². The first-order chi connectivity index (χ1) is 7.34. The molecule has 0 spiro atoms. The third kappa shape index (κ3) is 2.20. The molecule has 1 aromatic heterocycles. The zero-order chi connectivity index (χ0) is 12.5. The average molecular weight is 238 g/mol. The average Bonchev–Trinajstić information content (AvgIpc) is 2.21. The number of anilines is 1. The van der Waals surface area contributed by atoms with E-state index in [0.717, 1.165) is 6.92 Å². The van der Waals surface area contributed by atoms with Gasteiger partial charge < -0.3 is 10.4 Å². The van der Waals surface area contributed by atoms with Crippen molar-refractivity contribution in [1.82, 2.24) is 4.98 Å². The van der Waals surface area contributed by atoms with Crippen molar-refractivity contribution >= 4 is 11.7 Å². The highest BCUT2D eigenvalue weighted by Gasteiger charge is 2.23. The van der Waals surface area contributed by atoms with Crippen LogP contribution in [0, 0.1) is 23.5 Å². The summed E-state index contributed by atoms with van der Waals surface area (Å²) < 4.78 is 51.1. The van der Waals surface area contributed by atoms with E-state index in [1.165, 1.54) is 0 Å². The minimum Gasteiger partial charge on any atom is -0.480 e. The van der Waals surface area contributed by atoms with E-state index in [1.807, 2.05) is 0 Å². The van der Waals surface area contributed by atoms with Crippen molar-refractivity contribution in [2.24, 2.45) is 0 Å². The van der Waals surface area contributed by atoms with Gasteiger partial charge in [0, 0.05) is 0 Å². The number of halogens is 4. The number of pyridine rings is 1. The fourth-order valence-electron chi connectivity index (χ4n) is 0.892. The van der Waals surface area contributed by atoms with E-state index in [0.29, 0.717) is 0 Å². The molecule has 2 N–H and O–H groups in total. The minimum atomic E-state index is -1.85. The van der Waals surface area contributed by atoms with Crippen molar-refractivity contribution < 1.29 is 27.5 Å². The number of nitrogens with zero attached hydrogens (tertiary/aromatic N) is 1. The van der Waals surface area contributed by atoms with Gasteiger partial charge in [-0.2, -0.15) is 22.5 Å². The van der Waals surface area contributed by atoms with Crippen LogP contribution in [0.5, 0.6) is 0 Å². The smallest absolute Gasteiger partial charge is 0.325 e. The minimum absolute atomic E-state index is 1.05. The zero-order valence-corrected chi connectivity index (χ0v) is 7.89. The van der Waals surface area contributed by atoms with E-state index >= 15 is 0 Å². The molecular weight excluding hydrogens is 232 g/mol. The lowest BCUT2D eigenvalue weighted by Crippen LogP contribution is -2.27. The van der Waals surface area contributed by atoms with E-state index in [9.17, 15) is 22.4 Å². The molecule has 0 aliphatic rings. The third-order valence-electron chi connectivity index (χ3n) is 1.73. The van der Waals surface area contributed by atoms with Crippen LogP contribution in [0.2, 0.25) is 0 Å². The van der Waals surface area contributed by atoms with Gasteiger partial charge in [-0.05, 0) is 6.92 Å². The molecule has 0 unspecified atom stereocenters. The molecule has 0 fully saturated rings. The Morgan fingerprint density at radius 2 is 1.69 bits per heavy atom. The van der Waals surface area contributed by atoms with E-state index in [-0.39, 0.29) is 0 Å². The number of carboxylic acids is 1. The molecule has 0 aliphatic heterocycles. The van der Waals surface area contributed by atoms with Crippen LogP contribution in [0.3, 0.4) is 0 Å². The Kier molecular flexibility index (Phi) is 3.31. The molecule has 0 radical (unpaired) electrons. The van der Waals surface area contributed by atoms with Crippen molar-refractivity contribution in [1.29, 1.82) is 0 Å². The Hall–Kier alpha value is -1.86. The second-order valence-corrected chi connectivity index (χ2v) is 2.90. The van der Waals surface area contributed by atoms with E-state index in [4.69, 9.17) is 5.11 Å². The van der Waals surface area contributed by atoms with Gasteiger partial charge in [-0.1, -0.05) is 0 Å². The largest absolute Gasteiger partial charge is 0.480 e. The van der Waals surface area contributed by atoms with Crippen molar-refractivity contribution in [2.45, 2.75) is 13.0 Å². The summed E-state index contributed by atoms with van der Waals surface area (Å²) in [5.74, 6) is -8.67. The summed E-state index contributed by atoms with van der Waals surface area (Å²) in [4.78, 5) is 12.7. The number of aromatic nitrogens is 1. The number of carboxylic acid groups (broad SMARTS) is 1. The molecule has 0 aliphatic carbocycles. The van der Waals surface area contributed by atoms with Crippen LogP contribution in [0.1, 0.15) is 6.92 Å².